The summed E-state index contributed by atoms with van der Waals surface area (Å²) in [5, 5.41) is 9.23. The smallest absolute Gasteiger partial charge is 0.337 e. The van der Waals surface area contributed by atoms with E-state index in [9.17, 15) is 9.90 Å². The van der Waals surface area contributed by atoms with Crippen molar-refractivity contribution in [2.45, 2.75) is 24.8 Å². The molecule has 2 aliphatic rings. The van der Waals surface area contributed by atoms with Crippen LogP contribution in [0.1, 0.15) is 35.2 Å². The van der Waals surface area contributed by atoms with Gasteiger partial charge in [0.1, 0.15) is 0 Å². The molecule has 5 heteroatoms. The first kappa shape index (κ1) is 10.7. The number of aromatic carboxylic acids is 1. The van der Waals surface area contributed by atoms with Crippen LogP contribution in [0.25, 0.3) is 0 Å². The van der Waals surface area contributed by atoms with Crippen molar-refractivity contribution < 1.29 is 9.90 Å². The van der Waals surface area contributed by atoms with E-state index in [0.29, 0.717) is 11.5 Å². The zero-order valence-electron chi connectivity index (χ0n) is 9.44. The Hall–Kier alpha value is -1.46. The minimum absolute atomic E-state index is 0.223. The van der Waals surface area contributed by atoms with Gasteiger partial charge in [0, 0.05) is 18.9 Å². The molecule has 1 saturated carbocycles. The number of rotatable bonds is 2. The third-order valence-corrected chi connectivity index (χ3v) is 3.90. The lowest BCUT2D eigenvalue weighted by Crippen LogP contribution is -2.53. The fourth-order valence-corrected chi connectivity index (χ4v) is 3.09. The maximum absolute atomic E-state index is 11.2. The molecule has 0 amide bonds. The SMILES string of the molecule is O=C(O)c1cnccc1C12CCC(CNN1)C2. The highest BCUT2D eigenvalue weighted by atomic mass is 16.4. The second-order valence-corrected chi connectivity index (χ2v) is 4.92. The van der Waals surface area contributed by atoms with Crippen molar-refractivity contribution in [3.8, 4) is 0 Å². The van der Waals surface area contributed by atoms with Gasteiger partial charge in [-0.15, -0.1) is 0 Å². The molecule has 2 unspecified atom stereocenters. The number of fused-ring (bicyclic) bond motifs is 2. The second kappa shape index (κ2) is 3.78. The van der Waals surface area contributed by atoms with E-state index in [0.717, 1.165) is 31.4 Å². The van der Waals surface area contributed by atoms with Gasteiger partial charge in [-0.25, -0.2) is 10.2 Å². The molecule has 0 spiro atoms. The monoisotopic (exact) mass is 233 g/mol. The van der Waals surface area contributed by atoms with Gasteiger partial charge >= 0.3 is 5.97 Å². The number of nitrogens with zero attached hydrogens (tertiary/aromatic N) is 1. The van der Waals surface area contributed by atoms with Gasteiger partial charge in [-0.2, -0.15) is 0 Å². The number of pyridine rings is 1. The van der Waals surface area contributed by atoms with Gasteiger partial charge < -0.3 is 5.11 Å². The van der Waals surface area contributed by atoms with Crippen LogP contribution in [0.5, 0.6) is 0 Å². The molecule has 0 aromatic carbocycles. The summed E-state index contributed by atoms with van der Waals surface area (Å²) in [6.07, 6.45) is 6.23. The standard InChI is InChI=1S/C12H15N3O2/c16-11(17)9-7-13-4-2-10(9)12-3-1-8(5-12)6-14-15-12/h2,4,7-8,14-15H,1,3,5-6H2,(H,16,17). The van der Waals surface area contributed by atoms with Gasteiger partial charge in [0.05, 0.1) is 11.1 Å². The Kier molecular flexibility index (Phi) is 2.38. The summed E-state index contributed by atoms with van der Waals surface area (Å²) in [5.74, 6) is -0.260. The van der Waals surface area contributed by atoms with Crippen molar-refractivity contribution in [3.05, 3.63) is 29.6 Å². The summed E-state index contributed by atoms with van der Waals surface area (Å²) in [4.78, 5) is 15.2. The van der Waals surface area contributed by atoms with Crippen molar-refractivity contribution in [2.24, 2.45) is 5.92 Å². The summed E-state index contributed by atoms with van der Waals surface area (Å²) in [7, 11) is 0. The van der Waals surface area contributed by atoms with Crippen LogP contribution >= 0.6 is 0 Å². The van der Waals surface area contributed by atoms with Crippen LogP contribution in [0.2, 0.25) is 0 Å². The Balaban J connectivity index is 2.06. The third-order valence-electron chi connectivity index (χ3n) is 3.90. The van der Waals surface area contributed by atoms with Crippen LogP contribution in [0, 0.1) is 5.92 Å². The fourth-order valence-electron chi connectivity index (χ4n) is 3.09. The maximum Gasteiger partial charge on any atom is 0.337 e. The highest BCUT2D eigenvalue weighted by Crippen LogP contribution is 2.44. The van der Waals surface area contributed by atoms with Gasteiger partial charge in [0.15, 0.2) is 0 Å². The molecule has 1 saturated heterocycles. The molecule has 1 aliphatic carbocycles. The van der Waals surface area contributed by atoms with E-state index in [1.807, 2.05) is 6.07 Å². The molecule has 3 rings (SSSR count). The van der Waals surface area contributed by atoms with E-state index in [2.05, 4.69) is 15.8 Å². The summed E-state index contributed by atoms with van der Waals surface area (Å²) in [6, 6.07) is 1.83. The number of hydrogen-bond acceptors (Lipinski definition) is 4. The van der Waals surface area contributed by atoms with Crippen LogP contribution in [-0.2, 0) is 5.54 Å². The molecule has 90 valence electrons. The molecule has 1 aromatic rings. The number of nitrogens with one attached hydrogen (secondary N) is 2. The van der Waals surface area contributed by atoms with Gasteiger partial charge in [-0.1, -0.05) is 0 Å². The molecule has 3 N–H and O–H groups in total. The van der Waals surface area contributed by atoms with E-state index < -0.39 is 5.97 Å². The van der Waals surface area contributed by atoms with E-state index in [1.165, 1.54) is 6.20 Å². The van der Waals surface area contributed by atoms with Crippen molar-refractivity contribution in [1.82, 2.24) is 15.8 Å². The topological polar surface area (TPSA) is 74.2 Å². The molecular weight excluding hydrogens is 218 g/mol. The van der Waals surface area contributed by atoms with Gasteiger partial charge in [-0.05, 0) is 36.8 Å². The minimum Gasteiger partial charge on any atom is -0.478 e. The molecule has 2 bridgehead atoms. The molecule has 2 atom stereocenters. The normalized spacial score (nSPS) is 31.4. The number of carboxylic acid groups (broad SMARTS) is 1. The van der Waals surface area contributed by atoms with E-state index in [-0.39, 0.29) is 5.54 Å². The molecule has 5 nitrogen and oxygen atoms in total. The van der Waals surface area contributed by atoms with E-state index >= 15 is 0 Å². The summed E-state index contributed by atoms with van der Waals surface area (Å²) >= 11 is 0. The molecule has 2 heterocycles. The molecule has 0 radical (unpaired) electrons. The maximum atomic E-state index is 11.2. The molecular formula is C12H15N3O2. The first-order valence-corrected chi connectivity index (χ1v) is 5.89. The van der Waals surface area contributed by atoms with Crippen molar-refractivity contribution >= 4 is 5.97 Å². The Bertz CT molecular complexity index is 459. The van der Waals surface area contributed by atoms with Gasteiger partial charge in [0.2, 0.25) is 0 Å². The van der Waals surface area contributed by atoms with E-state index in [1.54, 1.807) is 6.20 Å². The molecule has 1 aromatic heterocycles. The van der Waals surface area contributed by atoms with Gasteiger partial charge in [0.25, 0.3) is 0 Å². The zero-order valence-corrected chi connectivity index (χ0v) is 9.44. The summed E-state index contributed by atoms with van der Waals surface area (Å²) in [6.45, 7) is 0.967. The largest absolute Gasteiger partial charge is 0.478 e. The predicted molar refractivity (Wildman–Crippen MR) is 61.4 cm³/mol. The summed E-state index contributed by atoms with van der Waals surface area (Å²) < 4.78 is 0. The number of carbonyl (C=O) groups is 1. The minimum atomic E-state index is -0.904. The Labute approximate surface area is 99.2 Å². The molecule has 1 aliphatic heterocycles. The predicted octanol–water partition coefficient (Wildman–Crippen LogP) is 0.883. The number of hydrazine groups is 1. The second-order valence-electron chi connectivity index (χ2n) is 4.92. The van der Waals surface area contributed by atoms with Crippen molar-refractivity contribution in [2.75, 3.05) is 6.54 Å². The number of aromatic nitrogens is 1. The Morgan fingerprint density at radius 3 is 3.29 bits per heavy atom. The van der Waals surface area contributed by atoms with Crippen LogP contribution < -0.4 is 10.9 Å². The third kappa shape index (κ3) is 1.62. The van der Waals surface area contributed by atoms with Crippen LogP contribution in [0.15, 0.2) is 18.5 Å². The average Bonchev–Trinajstić information content (AvgIpc) is 2.66. The van der Waals surface area contributed by atoms with Crippen molar-refractivity contribution in [1.29, 1.82) is 0 Å². The lowest BCUT2D eigenvalue weighted by Gasteiger charge is -2.36. The Morgan fingerprint density at radius 2 is 2.47 bits per heavy atom. The molecule has 2 fully saturated rings. The number of carboxylic acids is 1. The highest BCUT2D eigenvalue weighted by molar-refractivity contribution is 5.89. The highest BCUT2D eigenvalue weighted by Gasteiger charge is 2.44. The van der Waals surface area contributed by atoms with Crippen LogP contribution in [0.3, 0.4) is 0 Å². The lowest BCUT2D eigenvalue weighted by atomic mass is 9.84. The Morgan fingerprint density at radius 1 is 1.59 bits per heavy atom. The first-order valence-electron chi connectivity index (χ1n) is 5.89. The van der Waals surface area contributed by atoms with Crippen LogP contribution in [0.4, 0.5) is 0 Å². The fraction of sp³-hybridized carbons (Fsp3) is 0.500. The number of hydrogen-bond donors (Lipinski definition) is 3. The van der Waals surface area contributed by atoms with Crippen molar-refractivity contribution in [3.63, 3.8) is 0 Å². The first-order chi connectivity index (χ1) is 8.21. The van der Waals surface area contributed by atoms with E-state index in [4.69, 9.17) is 0 Å². The molecule has 17 heavy (non-hydrogen) atoms. The lowest BCUT2D eigenvalue weighted by molar-refractivity contribution is 0.0690. The zero-order chi connectivity index (χ0) is 11.9. The van der Waals surface area contributed by atoms with Gasteiger partial charge in [-0.3, -0.25) is 10.4 Å². The van der Waals surface area contributed by atoms with Crippen LogP contribution in [-0.4, -0.2) is 22.6 Å². The summed E-state index contributed by atoms with van der Waals surface area (Å²) in [5.41, 5.74) is 7.43. The quantitative estimate of drug-likeness (QED) is 0.707. The average molecular weight is 233 g/mol.